The maximum atomic E-state index is 5.51. The predicted molar refractivity (Wildman–Crippen MR) is 113 cm³/mol. The lowest BCUT2D eigenvalue weighted by molar-refractivity contribution is 0.122. The highest BCUT2D eigenvalue weighted by Crippen LogP contribution is 2.34. The van der Waals surface area contributed by atoms with Crippen LogP contribution in [0, 0.1) is 6.92 Å². The van der Waals surface area contributed by atoms with Gasteiger partial charge in [0, 0.05) is 18.5 Å². The minimum atomic E-state index is 0.694. The van der Waals surface area contributed by atoms with Crippen molar-refractivity contribution in [3.63, 3.8) is 0 Å². The van der Waals surface area contributed by atoms with Crippen LogP contribution in [0.5, 0.6) is 0 Å². The largest absolute Gasteiger partial charge is 0.378 e. The first-order valence-corrected chi connectivity index (χ1v) is 10.3. The third-order valence-electron chi connectivity index (χ3n) is 4.90. The molecule has 0 saturated carbocycles. The van der Waals surface area contributed by atoms with Crippen molar-refractivity contribution in [2.45, 2.75) is 17.1 Å². The van der Waals surface area contributed by atoms with Crippen molar-refractivity contribution in [2.24, 2.45) is 0 Å². The molecule has 2 aromatic heterocycles. The Labute approximate surface area is 172 Å². The first-order valence-electron chi connectivity index (χ1n) is 9.52. The number of aromatic nitrogens is 5. The number of para-hydroxylation sites is 1. The number of hydrogen-bond acceptors (Lipinski definition) is 7. The monoisotopic (exact) mass is 404 g/mol. The minimum absolute atomic E-state index is 0.694. The summed E-state index contributed by atoms with van der Waals surface area (Å²) in [5.41, 5.74) is 3.16. The van der Waals surface area contributed by atoms with Crippen molar-refractivity contribution in [2.75, 3.05) is 31.2 Å². The third-order valence-corrected chi connectivity index (χ3v) is 5.86. The van der Waals surface area contributed by atoms with Crippen LogP contribution < -0.4 is 4.90 Å². The number of anilines is 1. The van der Waals surface area contributed by atoms with Gasteiger partial charge in [-0.25, -0.2) is 9.97 Å². The Hall–Kier alpha value is -2.97. The Morgan fingerprint density at radius 1 is 0.931 bits per heavy atom. The lowest BCUT2D eigenvalue weighted by atomic mass is 10.2. The van der Waals surface area contributed by atoms with E-state index in [0.717, 1.165) is 45.8 Å². The van der Waals surface area contributed by atoms with E-state index >= 15 is 0 Å². The number of hydrogen-bond donors (Lipinski definition) is 0. The van der Waals surface area contributed by atoms with Crippen LogP contribution in [-0.4, -0.2) is 51.0 Å². The number of ether oxygens (including phenoxy) is 1. The minimum Gasteiger partial charge on any atom is -0.378 e. The van der Waals surface area contributed by atoms with E-state index in [1.165, 1.54) is 17.3 Å². The van der Waals surface area contributed by atoms with Crippen LogP contribution in [0.1, 0.15) is 5.56 Å². The molecule has 1 fully saturated rings. The molecule has 0 radical (unpaired) electrons. The maximum Gasteiger partial charge on any atom is 0.232 e. The first-order chi connectivity index (χ1) is 14.3. The molecule has 4 aromatic rings. The van der Waals surface area contributed by atoms with Crippen LogP contribution in [0.2, 0.25) is 0 Å². The topological polar surface area (TPSA) is 69.0 Å². The fourth-order valence-corrected chi connectivity index (χ4v) is 4.28. The second-order valence-electron chi connectivity index (χ2n) is 6.85. The Balaban J connectivity index is 1.60. The predicted octanol–water partition coefficient (Wildman–Crippen LogP) is 3.51. The second-order valence-corrected chi connectivity index (χ2v) is 7.81. The van der Waals surface area contributed by atoms with Gasteiger partial charge in [-0.3, -0.25) is 4.57 Å². The van der Waals surface area contributed by atoms with Gasteiger partial charge >= 0.3 is 0 Å². The van der Waals surface area contributed by atoms with Gasteiger partial charge in [0.1, 0.15) is 11.4 Å². The van der Waals surface area contributed by atoms with Crippen LogP contribution in [0.15, 0.2) is 65.0 Å². The van der Waals surface area contributed by atoms with E-state index in [1.54, 1.807) is 6.33 Å². The third kappa shape index (κ3) is 3.56. The standard InChI is InChI=1S/C21H20N6OS/c1-15-6-8-16(9-7-15)27-20(26-10-12-28-13-11-26)24-25-21(27)29-19-17-4-2-3-5-18(17)22-14-23-19/h2-9,14H,10-13H2,1H3. The molecule has 0 atom stereocenters. The average Bonchev–Trinajstić information content (AvgIpc) is 3.19. The molecule has 0 N–H and O–H groups in total. The highest BCUT2D eigenvalue weighted by Gasteiger charge is 2.23. The van der Waals surface area contributed by atoms with Crippen LogP contribution >= 0.6 is 11.8 Å². The Kier molecular flexibility index (Phi) is 4.87. The van der Waals surface area contributed by atoms with Crippen molar-refractivity contribution in [3.8, 4) is 5.69 Å². The van der Waals surface area contributed by atoms with Crippen molar-refractivity contribution in [1.82, 2.24) is 24.7 Å². The van der Waals surface area contributed by atoms with Crippen molar-refractivity contribution >= 4 is 28.6 Å². The van der Waals surface area contributed by atoms with Crippen LogP contribution in [0.4, 0.5) is 5.95 Å². The van der Waals surface area contributed by atoms with E-state index in [9.17, 15) is 0 Å². The van der Waals surface area contributed by atoms with E-state index in [2.05, 4.69) is 60.8 Å². The highest BCUT2D eigenvalue weighted by molar-refractivity contribution is 7.99. The summed E-state index contributed by atoms with van der Waals surface area (Å²) in [6, 6.07) is 16.4. The van der Waals surface area contributed by atoms with Crippen LogP contribution in [0.3, 0.4) is 0 Å². The van der Waals surface area contributed by atoms with Gasteiger partial charge in [0.2, 0.25) is 11.1 Å². The number of nitrogens with zero attached hydrogens (tertiary/aromatic N) is 6. The van der Waals surface area contributed by atoms with Gasteiger partial charge in [-0.05, 0) is 36.9 Å². The molecular formula is C21H20N6OS. The van der Waals surface area contributed by atoms with Crippen LogP contribution in [0.25, 0.3) is 16.6 Å². The van der Waals surface area contributed by atoms with Crippen molar-refractivity contribution in [1.29, 1.82) is 0 Å². The summed E-state index contributed by atoms with van der Waals surface area (Å²) in [5, 5.41) is 11.7. The molecule has 7 nitrogen and oxygen atoms in total. The second kappa shape index (κ2) is 7.81. The molecule has 146 valence electrons. The molecule has 0 amide bonds. The van der Waals surface area contributed by atoms with Gasteiger partial charge in [0.05, 0.1) is 24.4 Å². The Bertz CT molecular complexity index is 1130. The highest BCUT2D eigenvalue weighted by atomic mass is 32.2. The molecule has 29 heavy (non-hydrogen) atoms. The zero-order valence-corrected chi connectivity index (χ0v) is 16.8. The molecule has 0 aliphatic carbocycles. The van der Waals surface area contributed by atoms with Gasteiger partial charge in [0.25, 0.3) is 0 Å². The Morgan fingerprint density at radius 2 is 1.72 bits per heavy atom. The molecule has 1 saturated heterocycles. The fraction of sp³-hybridized carbons (Fsp3) is 0.238. The zero-order valence-electron chi connectivity index (χ0n) is 16.0. The number of rotatable bonds is 4. The summed E-state index contributed by atoms with van der Waals surface area (Å²) >= 11 is 1.51. The quantitative estimate of drug-likeness (QED) is 0.482. The smallest absolute Gasteiger partial charge is 0.232 e. The summed E-state index contributed by atoms with van der Waals surface area (Å²) in [7, 11) is 0. The van der Waals surface area contributed by atoms with Gasteiger partial charge in [-0.2, -0.15) is 0 Å². The van der Waals surface area contributed by atoms with E-state index < -0.39 is 0 Å². The Morgan fingerprint density at radius 3 is 2.55 bits per heavy atom. The summed E-state index contributed by atoms with van der Waals surface area (Å²) in [5.74, 6) is 0.831. The van der Waals surface area contributed by atoms with E-state index in [-0.39, 0.29) is 0 Å². The summed E-state index contributed by atoms with van der Waals surface area (Å²) in [6.07, 6.45) is 1.60. The normalized spacial score (nSPS) is 14.4. The summed E-state index contributed by atoms with van der Waals surface area (Å²) in [4.78, 5) is 11.1. The summed E-state index contributed by atoms with van der Waals surface area (Å²) < 4.78 is 7.62. The molecular weight excluding hydrogens is 384 g/mol. The van der Waals surface area contributed by atoms with E-state index in [1.807, 2.05) is 24.3 Å². The average molecular weight is 404 g/mol. The number of morpholine rings is 1. The van der Waals surface area contributed by atoms with Gasteiger partial charge in [0.15, 0.2) is 0 Å². The number of fused-ring (bicyclic) bond motifs is 1. The maximum absolute atomic E-state index is 5.51. The lowest BCUT2D eigenvalue weighted by Gasteiger charge is -2.27. The molecule has 8 heteroatoms. The van der Waals surface area contributed by atoms with Gasteiger partial charge < -0.3 is 9.64 Å². The molecule has 1 aliphatic rings. The van der Waals surface area contributed by atoms with Crippen LogP contribution in [-0.2, 0) is 4.74 Å². The van der Waals surface area contributed by atoms with E-state index in [4.69, 9.17) is 4.74 Å². The molecule has 0 unspecified atom stereocenters. The molecule has 5 rings (SSSR count). The molecule has 0 bridgehead atoms. The first kappa shape index (κ1) is 18.1. The molecule has 0 spiro atoms. The molecule has 1 aliphatic heterocycles. The van der Waals surface area contributed by atoms with Gasteiger partial charge in [-0.1, -0.05) is 35.9 Å². The lowest BCUT2D eigenvalue weighted by Crippen LogP contribution is -2.37. The van der Waals surface area contributed by atoms with Crippen molar-refractivity contribution < 1.29 is 4.74 Å². The zero-order chi connectivity index (χ0) is 19.6. The molecule has 3 heterocycles. The number of benzene rings is 2. The SMILES string of the molecule is Cc1ccc(-n2c(Sc3ncnc4ccccc34)nnc2N2CCOCC2)cc1. The number of aryl methyl sites for hydroxylation is 1. The fourth-order valence-electron chi connectivity index (χ4n) is 3.36. The summed E-state index contributed by atoms with van der Waals surface area (Å²) in [6.45, 7) is 5.07. The molecule has 2 aromatic carbocycles. The van der Waals surface area contributed by atoms with E-state index in [0.29, 0.717) is 13.2 Å². The van der Waals surface area contributed by atoms with Gasteiger partial charge in [-0.15, -0.1) is 10.2 Å². The van der Waals surface area contributed by atoms with Crippen molar-refractivity contribution in [3.05, 3.63) is 60.4 Å².